The molecule has 9 nitrogen and oxygen atoms in total. The second-order valence-corrected chi connectivity index (χ2v) is 3.96. The first kappa shape index (κ1) is 15.0. The molecule has 1 rings (SSSR count). The summed E-state index contributed by atoms with van der Waals surface area (Å²) in [6.07, 6.45) is -0.466. The fourth-order valence-corrected chi connectivity index (χ4v) is 1.71. The topological polar surface area (TPSA) is 139 Å². The number of carbonyl (C=O) groups is 1. The van der Waals surface area contributed by atoms with Gasteiger partial charge in [0.2, 0.25) is 5.91 Å². The number of carbonyl (C=O) groups excluding carboxylic acids is 1. The van der Waals surface area contributed by atoms with Crippen LogP contribution in [0.3, 0.4) is 0 Å². The lowest BCUT2D eigenvalue weighted by molar-refractivity contribution is -0.394. The summed E-state index contributed by atoms with van der Waals surface area (Å²) in [6, 6.07) is 2.75. The van der Waals surface area contributed by atoms with E-state index in [2.05, 4.69) is 5.32 Å². The van der Waals surface area contributed by atoms with Crippen molar-refractivity contribution in [2.24, 2.45) is 0 Å². The molecule has 0 aliphatic carbocycles. The number of rotatable bonds is 4. The average molecular weight is 278 g/mol. The molecule has 0 fully saturated rings. The minimum absolute atomic E-state index is 0.127. The number of hydrogen-bond acceptors (Lipinski definition) is 6. The van der Waals surface area contributed by atoms with Gasteiger partial charge in [-0.3, -0.25) is 25.0 Å². The molecule has 104 valence electrons. The summed E-state index contributed by atoms with van der Waals surface area (Å²) < 4.78 is 0. The molecule has 1 aromatic rings. The lowest BCUT2D eigenvalue weighted by Crippen LogP contribution is -2.14. The number of nitro benzene ring substituents is 2. The standard InChI is InChI=1S/C11H10N4O5/c1-6-5-8(14(17)18)7(2)11(15(19)20)10(6)13-9(16)3-4-12/h5H,3H2,1-2H3,(H,13,16). The number of benzene rings is 1. The van der Waals surface area contributed by atoms with E-state index < -0.39 is 33.5 Å². The van der Waals surface area contributed by atoms with Crippen LogP contribution in [-0.4, -0.2) is 15.8 Å². The van der Waals surface area contributed by atoms with Crippen LogP contribution >= 0.6 is 0 Å². The zero-order valence-electron chi connectivity index (χ0n) is 10.7. The van der Waals surface area contributed by atoms with Crippen LogP contribution in [0.1, 0.15) is 17.5 Å². The maximum Gasteiger partial charge on any atom is 0.302 e. The van der Waals surface area contributed by atoms with Crippen molar-refractivity contribution in [1.82, 2.24) is 0 Å². The van der Waals surface area contributed by atoms with Crippen LogP contribution in [0.15, 0.2) is 6.07 Å². The predicted octanol–water partition coefficient (Wildman–Crippen LogP) is 1.97. The minimum Gasteiger partial charge on any atom is -0.319 e. The number of amides is 1. The molecule has 0 bridgehead atoms. The third kappa shape index (κ3) is 2.86. The molecular weight excluding hydrogens is 268 g/mol. The molecule has 0 unspecified atom stereocenters. The molecule has 1 aromatic carbocycles. The van der Waals surface area contributed by atoms with Crippen LogP contribution in [0.25, 0.3) is 0 Å². The normalized spacial score (nSPS) is 9.65. The van der Waals surface area contributed by atoms with E-state index >= 15 is 0 Å². The maximum atomic E-state index is 11.4. The van der Waals surface area contributed by atoms with Crippen molar-refractivity contribution < 1.29 is 14.6 Å². The fraction of sp³-hybridized carbons (Fsp3) is 0.273. The first-order valence-corrected chi connectivity index (χ1v) is 5.39. The molecule has 0 atom stereocenters. The van der Waals surface area contributed by atoms with Gasteiger partial charge in [0.15, 0.2) is 0 Å². The van der Waals surface area contributed by atoms with Gasteiger partial charge in [0, 0.05) is 6.07 Å². The number of anilines is 1. The van der Waals surface area contributed by atoms with Crippen molar-refractivity contribution in [1.29, 1.82) is 5.26 Å². The lowest BCUT2D eigenvalue weighted by Gasteiger charge is -2.10. The van der Waals surface area contributed by atoms with Crippen LogP contribution in [0.4, 0.5) is 17.1 Å². The molecule has 9 heteroatoms. The average Bonchev–Trinajstić information content (AvgIpc) is 2.32. The summed E-state index contributed by atoms with van der Waals surface area (Å²) in [5.74, 6) is -0.716. The Kier molecular flexibility index (Phi) is 4.32. The van der Waals surface area contributed by atoms with Crippen molar-refractivity contribution in [3.63, 3.8) is 0 Å². The van der Waals surface area contributed by atoms with Crippen molar-refractivity contribution in [3.05, 3.63) is 37.4 Å². The molecule has 0 spiro atoms. The summed E-state index contributed by atoms with van der Waals surface area (Å²) in [5, 5.41) is 32.6. The smallest absolute Gasteiger partial charge is 0.302 e. The molecular formula is C11H10N4O5. The molecule has 0 aliphatic rings. The molecule has 0 aliphatic heterocycles. The van der Waals surface area contributed by atoms with Crippen molar-refractivity contribution in [2.45, 2.75) is 20.3 Å². The Bertz CT molecular complexity index is 647. The number of aryl methyl sites for hydroxylation is 1. The number of nitro groups is 2. The van der Waals surface area contributed by atoms with Gasteiger partial charge in [-0.05, 0) is 19.4 Å². The largest absolute Gasteiger partial charge is 0.319 e. The zero-order valence-corrected chi connectivity index (χ0v) is 10.7. The summed E-state index contributed by atoms with van der Waals surface area (Å²) in [4.78, 5) is 31.8. The molecule has 1 amide bonds. The quantitative estimate of drug-likeness (QED) is 0.659. The molecule has 0 saturated carbocycles. The van der Waals surface area contributed by atoms with E-state index in [-0.39, 0.29) is 16.8 Å². The Morgan fingerprint density at radius 2 is 1.95 bits per heavy atom. The maximum absolute atomic E-state index is 11.4. The number of nitrogens with zero attached hydrogens (tertiary/aromatic N) is 3. The SMILES string of the molecule is Cc1cc([N+](=O)[O-])c(C)c([N+](=O)[O-])c1NC(=O)CC#N. The molecule has 0 saturated heterocycles. The van der Waals surface area contributed by atoms with E-state index in [0.29, 0.717) is 0 Å². The highest BCUT2D eigenvalue weighted by Crippen LogP contribution is 2.37. The minimum atomic E-state index is -0.794. The number of nitrogens with one attached hydrogen (secondary N) is 1. The van der Waals surface area contributed by atoms with Gasteiger partial charge in [0.05, 0.1) is 15.9 Å². The van der Waals surface area contributed by atoms with Gasteiger partial charge in [-0.15, -0.1) is 0 Å². The second-order valence-electron chi connectivity index (χ2n) is 3.96. The third-order valence-corrected chi connectivity index (χ3v) is 2.61. The Morgan fingerprint density at radius 1 is 1.35 bits per heavy atom. The van der Waals surface area contributed by atoms with Gasteiger partial charge < -0.3 is 5.32 Å². The Hall–Kier alpha value is -3.02. The Morgan fingerprint density at radius 3 is 2.40 bits per heavy atom. The second kappa shape index (κ2) is 5.75. The van der Waals surface area contributed by atoms with E-state index in [1.54, 1.807) is 6.07 Å². The van der Waals surface area contributed by atoms with Gasteiger partial charge >= 0.3 is 5.69 Å². The van der Waals surface area contributed by atoms with Gasteiger partial charge in [0.1, 0.15) is 17.7 Å². The van der Waals surface area contributed by atoms with E-state index in [0.717, 1.165) is 6.07 Å². The van der Waals surface area contributed by atoms with Gasteiger partial charge in [-0.2, -0.15) is 5.26 Å². The molecule has 0 heterocycles. The van der Waals surface area contributed by atoms with Gasteiger partial charge in [-0.1, -0.05) is 0 Å². The van der Waals surface area contributed by atoms with E-state index in [1.807, 2.05) is 0 Å². The fourth-order valence-electron chi connectivity index (χ4n) is 1.71. The van der Waals surface area contributed by atoms with Crippen molar-refractivity contribution in [3.8, 4) is 6.07 Å². The lowest BCUT2D eigenvalue weighted by atomic mass is 10.1. The molecule has 20 heavy (non-hydrogen) atoms. The molecule has 0 aromatic heterocycles. The number of nitriles is 1. The highest BCUT2D eigenvalue weighted by Gasteiger charge is 2.28. The van der Waals surface area contributed by atoms with Crippen LogP contribution < -0.4 is 5.32 Å². The van der Waals surface area contributed by atoms with Crippen LogP contribution in [0, 0.1) is 45.4 Å². The number of hydrogen-bond donors (Lipinski definition) is 1. The summed E-state index contributed by atoms with van der Waals surface area (Å²) in [7, 11) is 0. The monoisotopic (exact) mass is 278 g/mol. The summed E-state index contributed by atoms with van der Waals surface area (Å²) in [6.45, 7) is 2.64. The summed E-state index contributed by atoms with van der Waals surface area (Å²) in [5.41, 5.74) is -1.04. The Labute approximate surface area is 113 Å². The first-order valence-electron chi connectivity index (χ1n) is 5.39. The van der Waals surface area contributed by atoms with Crippen LogP contribution in [0.5, 0.6) is 0 Å². The van der Waals surface area contributed by atoms with Crippen molar-refractivity contribution in [2.75, 3.05) is 5.32 Å². The molecule has 0 radical (unpaired) electrons. The van der Waals surface area contributed by atoms with Gasteiger partial charge in [0.25, 0.3) is 5.69 Å². The van der Waals surface area contributed by atoms with Crippen LogP contribution in [-0.2, 0) is 4.79 Å². The Balaban J connectivity index is 3.48. The van der Waals surface area contributed by atoms with Crippen LogP contribution in [0.2, 0.25) is 0 Å². The van der Waals surface area contributed by atoms with E-state index in [4.69, 9.17) is 5.26 Å². The van der Waals surface area contributed by atoms with Crippen molar-refractivity contribution >= 4 is 23.0 Å². The predicted molar refractivity (Wildman–Crippen MR) is 68.1 cm³/mol. The highest BCUT2D eigenvalue weighted by atomic mass is 16.6. The zero-order chi connectivity index (χ0) is 15.4. The third-order valence-electron chi connectivity index (χ3n) is 2.61. The van der Waals surface area contributed by atoms with E-state index in [1.165, 1.54) is 13.8 Å². The molecule has 1 N–H and O–H groups in total. The van der Waals surface area contributed by atoms with Gasteiger partial charge in [-0.25, -0.2) is 0 Å². The van der Waals surface area contributed by atoms with E-state index in [9.17, 15) is 25.0 Å². The first-order chi connectivity index (χ1) is 9.29. The highest BCUT2D eigenvalue weighted by molar-refractivity contribution is 5.96. The summed E-state index contributed by atoms with van der Waals surface area (Å²) >= 11 is 0.